The summed E-state index contributed by atoms with van der Waals surface area (Å²) in [6.45, 7) is 3.60. The van der Waals surface area contributed by atoms with Crippen LogP contribution >= 0.6 is 0 Å². The lowest BCUT2D eigenvalue weighted by Crippen LogP contribution is -2.36. The first-order valence-corrected chi connectivity index (χ1v) is 8.07. The van der Waals surface area contributed by atoms with E-state index in [0.717, 1.165) is 25.7 Å². The summed E-state index contributed by atoms with van der Waals surface area (Å²) in [6, 6.07) is 4.60. The van der Waals surface area contributed by atoms with E-state index in [9.17, 15) is 14.4 Å². The van der Waals surface area contributed by atoms with Crippen LogP contribution in [-0.4, -0.2) is 34.8 Å². The Bertz CT molecular complexity index is 663. The summed E-state index contributed by atoms with van der Waals surface area (Å²) in [7, 11) is 0. The molecule has 1 aromatic carbocycles. The summed E-state index contributed by atoms with van der Waals surface area (Å²) in [4.78, 5) is 37.8. The van der Waals surface area contributed by atoms with Gasteiger partial charge in [-0.1, -0.05) is 12.8 Å². The van der Waals surface area contributed by atoms with E-state index >= 15 is 0 Å². The van der Waals surface area contributed by atoms with Crippen LogP contribution in [0.15, 0.2) is 18.2 Å². The molecule has 2 N–H and O–H groups in total. The van der Waals surface area contributed by atoms with E-state index < -0.39 is 0 Å². The predicted molar refractivity (Wildman–Crippen MR) is 86.5 cm³/mol. The number of nitrogens with one attached hydrogen (secondary N) is 2. The molecule has 1 heterocycles. The molecule has 1 aliphatic heterocycles. The minimum Gasteiger partial charge on any atom is -0.335 e. The van der Waals surface area contributed by atoms with E-state index in [1.54, 1.807) is 32.0 Å². The zero-order valence-electron chi connectivity index (χ0n) is 13.4. The maximum Gasteiger partial charge on any atom is 0.319 e. The Hall–Kier alpha value is -2.37. The summed E-state index contributed by atoms with van der Waals surface area (Å²) >= 11 is 0. The lowest BCUT2D eigenvalue weighted by molar-refractivity contribution is 0.0609. The summed E-state index contributed by atoms with van der Waals surface area (Å²) < 4.78 is 0. The van der Waals surface area contributed by atoms with Crippen LogP contribution in [0.1, 0.15) is 60.2 Å². The zero-order chi connectivity index (χ0) is 16.6. The SMILES string of the molecule is CC(C)N1C(=O)c2ccc(NC(=O)NC3CCCC3)cc2C1=O. The van der Waals surface area contributed by atoms with E-state index in [1.165, 1.54) is 4.90 Å². The number of imide groups is 1. The Labute approximate surface area is 135 Å². The molecule has 1 aromatic rings. The van der Waals surface area contributed by atoms with Crippen molar-refractivity contribution >= 4 is 23.5 Å². The van der Waals surface area contributed by atoms with Crippen molar-refractivity contribution in [3.8, 4) is 0 Å². The van der Waals surface area contributed by atoms with Gasteiger partial charge in [-0.15, -0.1) is 0 Å². The zero-order valence-corrected chi connectivity index (χ0v) is 13.4. The average Bonchev–Trinajstić information content (AvgIpc) is 3.06. The largest absolute Gasteiger partial charge is 0.335 e. The van der Waals surface area contributed by atoms with Gasteiger partial charge in [-0.3, -0.25) is 14.5 Å². The van der Waals surface area contributed by atoms with Gasteiger partial charge in [0.2, 0.25) is 0 Å². The Kier molecular flexibility index (Phi) is 4.07. The Morgan fingerprint density at radius 2 is 1.78 bits per heavy atom. The molecule has 6 nitrogen and oxygen atoms in total. The number of amides is 4. The molecule has 1 aliphatic carbocycles. The van der Waals surface area contributed by atoms with Crippen molar-refractivity contribution in [2.75, 3.05) is 5.32 Å². The van der Waals surface area contributed by atoms with Gasteiger partial charge in [0, 0.05) is 17.8 Å². The van der Waals surface area contributed by atoms with E-state index in [-0.39, 0.29) is 29.9 Å². The van der Waals surface area contributed by atoms with Crippen LogP contribution < -0.4 is 10.6 Å². The summed E-state index contributed by atoms with van der Waals surface area (Å²) in [6.07, 6.45) is 4.30. The molecule has 0 unspecified atom stereocenters. The number of urea groups is 1. The second-order valence-corrected chi connectivity index (χ2v) is 6.41. The van der Waals surface area contributed by atoms with Gasteiger partial charge in [-0.05, 0) is 44.9 Å². The minimum absolute atomic E-state index is 0.190. The molecule has 0 bridgehead atoms. The second kappa shape index (κ2) is 6.02. The normalized spacial score (nSPS) is 17.8. The fraction of sp³-hybridized carbons (Fsp3) is 0.471. The Morgan fingerprint density at radius 3 is 2.43 bits per heavy atom. The molecule has 4 amide bonds. The number of rotatable bonds is 3. The number of nitrogens with zero attached hydrogens (tertiary/aromatic N) is 1. The maximum atomic E-state index is 12.3. The highest BCUT2D eigenvalue weighted by Crippen LogP contribution is 2.27. The molecule has 1 fully saturated rings. The number of carbonyl (C=O) groups excluding carboxylic acids is 3. The van der Waals surface area contributed by atoms with Crippen molar-refractivity contribution in [2.45, 2.75) is 51.6 Å². The van der Waals surface area contributed by atoms with Crippen LogP contribution in [0.5, 0.6) is 0 Å². The van der Waals surface area contributed by atoms with Gasteiger partial charge in [0.15, 0.2) is 0 Å². The Balaban J connectivity index is 1.73. The van der Waals surface area contributed by atoms with Crippen LogP contribution in [-0.2, 0) is 0 Å². The van der Waals surface area contributed by atoms with Crippen molar-refractivity contribution in [3.05, 3.63) is 29.3 Å². The molecule has 0 spiro atoms. The molecule has 23 heavy (non-hydrogen) atoms. The number of carbonyl (C=O) groups is 3. The summed E-state index contributed by atoms with van der Waals surface area (Å²) in [5.41, 5.74) is 1.26. The van der Waals surface area contributed by atoms with Crippen molar-refractivity contribution in [3.63, 3.8) is 0 Å². The molecule has 122 valence electrons. The molecular formula is C17H21N3O3. The van der Waals surface area contributed by atoms with Gasteiger partial charge >= 0.3 is 6.03 Å². The molecule has 2 aliphatic rings. The van der Waals surface area contributed by atoms with Crippen molar-refractivity contribution in [1.82, 2.24) is 10.2 Å². The van der Waals surface area contributed by atoms with Gasteiger partial charge in [0.1, 0.15) is 0 Å². The monoisotopic (exact) mass is 315 g/mol. The summed E-state index contributed by atoms with van der Waals surface area (Å²) in [5.74, 6) is -0.582. The molecular weight excluding hydrogens is 294 g/mol. The smallest absolute Gasteiger partial charge is 0.319 e. The molecule has 1 saturated carbocycles. The standard InChI is InChI=1S/C17H21N3O3/c1-10(2)20-15(21)13-8-7-12(9-14(13)16(20)22)19-17(23)18-11-5-3-4-6-11/h7-11H,3-6H2,1-2H3,(H2,18,19,23). The van der Waals surface area contributed by atoms with Gasteiger partial charge < -0.3 is 10.6 Å². The van der Waals surface area contributed by atoms with Gasteiger partial charge in [0.25, 0.3) is 11.8 Å². The minimum atomic E-state index is -0.306. The van der Waals surface area contributed by atoms with Crippen LogP contribution in [0.3, 0.4) is 0 Å². The van der Waals surface area contributed by atoms with Crippen LogP contribution in [0, 0.1) is 0 Å². The highest BCUT2D eigenvalue weighted by Gasteiger charge is 2.37. The van der Waals surface area contributed by atoms with Gasteiger partial charge in [-0.25, -0.2) is 4.79 Å². The van der Waals surface area contributed by atoms with E-state index in [1.807, 2.05) is 0 Å². The molecule has 0 aromatic heterocycles. The van der Waals surface area contributed by atoms with E-state index in [4.69, 9.17) is 0 Å². The highest BCUT2D eigenvalue weighted by atomic mass is 16.2. The third kappa shape index (κ3) is 2.93. The van der Waals surface area contributed by atoms with Crippen molar-refractivity contribution in [1.29, 1.82) is 0 Å². The molecule has 0 saturated heterocycles. The van der Waals surface area contributed by atoms with Gasteiger partial charge in [0.05, 0.1) is 11.1 Å². The number of anilines is 1. The maximum absolute atomic E-state index is 12.3. The quantitative estimate of drug-likeness (QED) is 0.842. The lowest BCUT2D eigenvalue weighted by Gasteiger charge is -2.17. The fourth-order valence-corrected chi connectivity index (χ4v) is 3.23. The summed E-state index contributed by atoms with van der Waals surface area (Å²) in [5, 5.41) is 5.68. The topological polar surface area (TPSA) is 78.5 Å². The number of hydrogen-bond acceptors (Lipinski definition) is 3. The first kappa shape index (κ1) is 15.5. The van der Waals surface area contributed by atoms with Crippen LogP contribution in [0.4, 0.5) is 10.5 Å². The molecule has 3 rings (SSSR count). The highest BCUT2D eigenvalue weighted by molar-refractivity contribution is 6.22. The average molecular weight is 315 g/mol. The second-order valence-electron chi connectivity index (χ2n) is 6.41. The fourth-order valence-electron chi connectivity index (χ4n) is 3.23. The van der Waals surface area contributed by atoms with Crippen LogP contribution in [0.2, 0.25) is 0 Å². The predicted octanol–water partition coefficient (Wildman–Crippen LogP) is 2.76. The van der Waals surface area contributed by atoms with E-state index in [2.05, 4.69) is 10.6 Å². The van der Waals surface area contributed by atoms with Crippen molar-refractivity contribution < 1.29 is 14.4 Å². The lowest BCUT2D eigenvalue weighted by atomic mass is 10.1. The first-order valence-electron chi connectivity index (χ1n) is 8.07. The Morgan fingerprint density at radius 1 is 1.13 bits per heavy atom. The van der Waals surface area contributed by atoms with Gasteiger partial charge in [-0.2, -0.15) is 0 Å². The number of fused-ring (bicyclic) bond motifs is 1. The number of hydrogen-bond donors (Lipinski definition) is 2. The van der Waals surface area contributed by atoms with Crippen LogP contribution in [0.25, 0.3) is 0 Å². The molecule has 0 atom stereocenters. The first-order chi connectivity index (χ1) is 11.0. The van der Waals surface area contributed by atoms with E-state index in [0.29, 0.717) is 16.8 Å². The van der Waals surface area contributed by atoms with Crippen molar-refractivity contribution in [2.24, 2.45) is 0 Å². The number of benzene rings is 1. The third-order valence-electron chi connectivity index (χ3n) is 4.38. The molecule has 6 heteroatoms. The molecule has 0 radical (unpaired) electrons. The third-order valence-corrected chi connectivity index (χ3v) is 4.38.